The van der Waals surface area contributed by atoms with Gasteiger partial charge in [0, 0.05) is 31.4 Å². The number of rotatable bonds is 3. The number of hydrogen-bond acceptors (Lipinski definition) is 5. The largest absolute Gasteiger partial charge is 0.388 e. The van der Waals surface area contributed by atoms with E-state index in [0.717, 1.165) is 12.0 Å². The average molecular weight is 333 g/mol. The van der Waals surface area contributed by atoms with Gasteiger partial charge < -0.3 is 20.1 Å². The molecule has 6 nitrogen and oxygen atoms in total. The number of likely N-dealkylation sites (tertiary alicyclic amines) is 1. The van der Waals surface area contributed by atoms with E-state index in [9.17, 15) is 9.90 Å². The lowest BCUT2D eigenvalue weighted by Gasteiger charge is -2.39. The lowest BCUT2D eigenvalue weighted by molar-refractivity contribution is -0.135. The summed E-state index contributed by atoms with van der Waals surface area (Å²) in [5.41, 5.74) is 0.104. The molecule has 0 bridgehead atoms. The summed E-state index contributed by atoms with van der Waals surface area (Å²) in [5.74, 6) is 0.292. The lowest BCUT2D eigenvalue weighted by atomic mass is 9.82. The van der Waals surface area contributed by atoms with Crippen LogP contribution in [0.3, 0.4) is 0 Å². The Morgan fingerprint density at radius 3 is 3.12 bits per heavy atom. The second-order valence-corrected chi connectivity index (χ2v) is 7.20. The topological polar surface area (TPSA) is 74.7 Å². The number of nitrogens with one attached hydrogen (secondary N) is 1. The van der Waals surface area contributed by atoms with Crippen molar-refractivity contribution < 1.29 is 14.6 Å². The van der Waals surface area contributed by atoms with Crippen molar-refractivity contribution in [2.75, 3.05) is 26.7 Å². The highest BCUT2D eigenvalue weighted by Gasteiger charge is 2.43. The molecule has 2 fully saturated rings. The fourth-order valence-corrected chi connectivity index (χ4v) is 3.91. The molecule has 2 saturated heterocycles. The van der Waals surface area contributed by atoms with Crippen LogP contribution in [0.5, 0.6) is 0 Å². The van der Waals surface area contributed by atoms with E-state index < -0.39 is 5.60 Å². The van der Waals surface area contributed by atoms with E-state index in [2.05, 4.69) is 10.3 Å². The van der Waals surface area contributed by atoms with Crippen LogP contribution in [-0.2, 0) is 16.0 Å². The molecular formula is C18H27N3O3. The third kappa shape index (κ3) is 3.77. The van der Waals surface area contributed by atoms with Crippen molar-refractivity contribution in [3.05, 3.63) is 30.1 Å². The molecule has 0 saturated carbocycles. The Labute approximate surface area is 143 Å². The molecule has 0 spiro atoms. The molecule has 0 radical (unpaired) electrons. The molecule has 132 valence electrons. The first-order valence-corrected chi connectivity index (χ1v) is 8.67. The molecule has 0 aliphatic carbocycles. The first-order chi connectivity index (χ1) is 11.5. The molecule has 24 heavy (non-hydrogen) atoms. The molecule has 1 aromatic heterocycles. The molecule has 0 unspecified atom stereocenters. The van der Waals surface area contributed by atoms with Crippen LogP contribution < -0.4 is 5.32 Å². The lowest BCUT2D eigenvalue weighted by Crippen LogP contribution is -2.51. The van der Waals surface area contributed by atoms with Gasteiger partial charge in [0.05, 0.1) is 30.8 Å². The summed E-state index contributed by atoms with van der Waals surface area (Å²) in [5, 5.41) is 13.9. The van der Waals surface area contributed by atoms with Gasteiger partial charge in [-0.25, -0.2) is 0 Å². The average Bonchev–Trinajstić information content (AvgIpc) is 2.69. The monoisotopic (exact) mass is 333 g/mol. The fraction of sp³-hybridized carbons (Fsp3) is 0.667. The number of carbonyl (C=O) groups is 1. The molecular weight excluding hydrogens is 306 g/mol. The number of ether oxygens (including phenoxy) is 1. The first kappa shape index (κ1) is 17.3. The number of likely N-dealkylation sites (N-methyl/N-ethyl adjacent to an activating group) is 1. The van der Waals surface area contributed by atoms with Crippen LogP contribution in [0, 0.1) is 5.92 Å². The first-order valence-electron chi connectivity index (χ1n) is 8.67. The highest BCUT2D eigenvalue weighted by atomic mass is 16.5. The van der Waals surface area contributed by atoms with Gasteiger partial charge in [-0.2, -0.15) is 0 Å². The second-order valence-electron chi connectivity index (χ2n) is 7.20. The van der Waals surface area contributed by atoms with Crippen LogP contribution in [0.25, 0.3) is 0 Å². The van der Waals surface area contributed by atoms with Crippen LogP contribution in [-0.4, -0.2) is 65.4 Å². The van der Waals surface area contributed by atoms with Crippen LogP contribution >= 0.6 is 0 Å². The smallest absolute Gasteiger partial charge is 0.227 e. The van der Waals surface area contributed by atoms with Gasteiger partial charge in [-0.1, -0.05) is 6.07 Å². The summed E-state index contributed by atoms with van der Waals surface area (Å²) in [4.78, 5) is 18.6. The van der Waals surface area contributed by atoms with Crippen LogP contribution in [0.15, 0.2) is 24.5 Å². The van der Waals surface area contributed by atoms with E-state index in [1.165, 1.54) is 0 Å². The predicted molar refractivity (Wildman–Crippen MR) is 90.5 cm³/mol. The summed E-state index contributed by atoms with van der Waals surface area (Å²) >= 11 is 0. The number of carbonyl (C=O) groups excluding carboxylic acids is 1. The van der Waals surface area contributed by atoms with E-state index in [1.54, 1.807) is 12.4 Å². The third-order valence-electron chi connectivity index (χ3n) is 5.35. The Kier molecular flexibility index (Phi) is 5.18. The minimum atomic E-state index is -0.830. The van der Waals surface area contributed by atoms with E-state index >= 15 is 0 Å². The van der Waals surface area contributed by atoms with Crippen LogP contribution in [0.4, 0.5) is 0 Å². The number of fused-ring (bicyclic) bond motifs is 1. The van der Waals surface area contributed by atoms with Gasteiger partial charge in [0.2, 0.25) is 5.91 Å². The normalized spacial score (nSPS) is 33.6. The molecule has 0 aromatic carbocycles. The fourth-order valence-electron chi connectivity index (χ4n) is 3.91. The maximum Gasteiger partial charge on any atom is 0.227 e. The van der Waals surface area contributed by atoms with E-state index in [-0.39, 0.29) is 24.0 Å². The molecule has 2 aliphatic rings. The Hall–Kier alpha value is -1.50. The van der Waals surface area contributed by atoms with Crippen LogP contribution in [0.1, 0.15) is 25.3 Å². The number of hydrogen-bond donors (Lipinski definition) is 2. The number of pyridine rings is 1. The third-order valence-corrected chi connectivity index (χ3v) is 5.35. The zero-order chi connectivity index (χ0) is 17.2. The molecule has 3 rings (SSSR count). The summed E-state index contributed by atoms with van der Waals surface area (Å²) < 4.78 is 6.02. The van der Waals surface area contributed by atoms with Crippen LogP contribution in [0.2, 0.25) is 0 Å². The Morgan fingerprint density at radius 1 is 1.58 bits per heavy atom. The molecule has 3 heterocycles. The molecule has 2 aliphatic heterocycles. The van der Waals surface area contributed by atoms with Crippen molar-refractivity contribution in [1.82, 2.24) is 15.2 Å². The van der Waals surface area contributed by atoms with E-state index in [4.69, 9.17) is 4.74 Å². The molecule has 2 N–H and O–H groups in total. The summed E-state index contributed by atoms with van der Waals surface area (Å²) in [6, 6.07) is 3.69. The Balaban J connectivity index is 1.65. The highest BCUT2D eigenvalue weighted by molar-refractivity contribution is 5.78. The zero-order valence-corrected chi connectivity index (χ0v) is 14.4. The van der Waals surface area contributed by atoms with Crippen molar-refractivity contribution in [3.63, 3.8) is 0 Å². The van der Waals surface area contributed by atoms with E-state index in [1.807, 2.05) is 31.0 Å². The van der Waals surface area contributed by atoms with Crippen molar-refractivity contribution in [3.8, 4) is 0 Å². The molecule has 6 heteroatoms. The maximum atomic E-state index is 12.6. The number of nitrogens with zero attached hydrogens (tertiary/aromatic N) is 2. The van der Waals surface area contributed by atoms with Gasteiger partial charge in [0.1, 0.15) is 0 Å². The number of amides is 1. The summed E-state index contributed by atoms with van der Waals surface area (Å²) in [6.45, 7) is 3.73. The maximum absolute atomic E-state index is 12.6. The van der Waals surface area contributed by atoms with Gasteiger partial charge in [0.15, 0.2) is 0 Å². The minimum absolute atomic E-state index is 0.0809. The number of piperidine rings is 1. The predicted octanol–water partition coefficient (Wildman–Crippen LogP) is 0.601. The Bertz CT molecular complexity index is 564. The van der Waals surface area contributed by atoms with E-state index in [0.29, 0.717) is 32.5 Å². The van der Waals surface area contributed by atoms with Gasteiger partial charge in [-0.15, -0.1) is 0 Å². The molecule has 4 atom stereocenters. The van der Waals surface area contributed by atoms with Gasteiger partial charge in [0.25, 0.3) is 0 Å². The number of aromatic nitrogens is 1. The van der Waals surface area contributed by atoms with Crippen molar-refractivity contribution in [1.29, 1.82) is 0 Å². The molecule has 1 aromatic rings. The standard InChI is InChI=1S/C18H27N3O3/c1-18(23)9-14-11-21(7-5-15(14)24-12-16(18)19-2)17(22)8-13-4-3-6-20-10-13/h3-4,6,10,14-16,19,23H,5,7-9,11-12H2,1-2H3/t14-,15+,16+,18+/m0/s1. The minimum Gasteiger partial charge on any atom is -0.388 e. The van der Waals surface area contributed by atoms with Gasteiger partial charge in [-0.3, -0.25) is 9.78 Å². The quantitative estimate of drug-likeness (QED) is 0.847. The van der Waals surface area contributed by atoms with Gasteiger partial charge in [-0.05, 0) is 38.4 Å². The molecule has 1 amide bonds. The summed E-state index contributed by atoms with van der Waals surface area (Å²) in [7, 11) is 1.85. The SMILES string of the molecule is CN[C@@H]1CO[C@@H]2CCN(C(=O)Cc3cccnc3)C[C@@H]2C[C@@]1(C)O. The number of aliphatic hydroxyl groups is 1. The zero-order valence-electron chi connectivity index (χ0n) is 14.4. The Morgan fingerprint density at radius 2 is 2.42 bits per heavy atom. The van der Waals surface area contributed by atoms with Crippen molar-refractivity contribution in [2.45, 2.75) is 43.9 Å². The van der Waals surface area contributed by atoms with Gasteiger partial charge >= 0.3 is 0 Å². The highest BCUT2D eigenvalue weighted by Crippen LogP contribution is 2.33. The second kappa shape index (κ2) is 7.17. The summed E-state index contributed by atoms with van der Waals surface area (Å²) in [6.07, 6.45) is 5.42. The van der Waals surface area contributed by atoms with Crippen molar-refractivity contribution >= 4 is 5.91 Å². The van der Waals surface area contributed by atoms with Crippen molar-refractivity contribution in [2.24, 2.45) is 5.92 Å².